The molecule has 0 aromatic heterocycles. The van der Waals surface area contributed by atoms with Crippen molar-refractivity contribution in [3.8, 4) is 16.9 Å². The smallest absolute Gasteiger partial charge is 0.407 e. The number of ether oxygens (including phenoxy) is 2. The molecule has 0 aliphatic heterocycles. The summed E-state index contributed by atoms with van der Waals surface area (Å²) in [6.07, 6.45) is 0.0956. The molecule has 41 heavy (non-hydrogen) atoms. The van der Waals surface area contributed by atoms with E-state index in [0.717, 1.165) is 34.1 Å². The van der Waals surface area contributed by atoms with Crippen molar-refractivity contribution in [2.24, 2.45) is 0 Å². The molecule has 0 saturated heterocycles. The van der Waals surface area contributed by atoms with Crippen molar-refractivity contribution in [3.05, 3.63) is 125 Å². The van der Waals surface area contributed by atoms with Gasteiger partial charge in [-0.25, -0.2) is 4.79 Å². The van der Waals surface area contributed by atoms with Gasteiger partial charge in [0, 0.05) is 5.92 Å². The van der Waals surface area contributed by atoms with Gasteiger partial charge in [0.15, 0.2) is 0 Å². The standard InChI is InChI=1S/C32H29NO7S/c1-41(36,37)40-24-17-15-23(16-18-24)30(19-31(34)38-20-22-9-3-2-4-10-22)33-32(35)39-21-29-27-13-7-5-11-25(27)26-12-6-8-14-28(26)29/h2-18,29-30H,19-21H2,1H3,(H,33,35). The summed E-state index contributed by atoms with van der Waals surface area (Å²) in [6.45, 7) is 0.213. The Labute approximate surface area is 239 Å². The topological polar surface area (TPSA) is 108 Å². The second-order valence-corrected chi connectivity index (χ2v) is 11.3. The predicted molar refractivity (Wildman–Crippen MR) is 154 cm³/mol. The molecule has 1 atom stereocenters. The lowest BCUT2D eigenvalue weighted by atomic mass is 9.98. The fraction of sp³-hybridized carbons (Fsp3) is 0.188. The van der Waals surface area contributed by atoms with E-state index in [1.807, 2.05) is 66.7 Å². The van der Waals surface area contributed by atoms with E-state index in [1.54, 1.807) is 12.1 Å². The largest absolute Gasteiger partial charge is 0.461 e. The first-order chi connectivity index (χ1) is 19.8. The molecule has 4 aromatic rings. The van der Waals surface area contributed by atoms with E-state index in [9.17, 15) is 18.0 Å². The molecule has 5 rings (SSSR count). The SMILES string of the molecule is CS(=O)(=O)Oc1ccc(C(CC(=O)OCc2ccccc2)NC(=O)OCC2c3ccccc3-c3ccccc32)cc1. The Balaban J connectivity index is 1.28. The highest BCUT2D eigenvalue weighted by atomic mass is 32.2. The van der Waals surface area contributed by atoms with Crippen LogP contribution in [0.15, 0.2) is 103 Å². The lowest BCUT2D eigenvalue weighted by molar-refractivity contribution is -0.145. The number of nitrogens with one attached hydrogen (secondary N) is 1. The van der Waals surface area contributed by atoms with Crippen molar-refractivity contribution in [1.82, 2.24) is 5.32 Å². The third kappa shape index (κ3) is 7.12. The third-order valence-corrected chi connectivity index (χ3v) is 7.27. The Morgan fingerprint density at radius 1 is 0.780 bits per heavy atom. The number of carbonyl (C=O) groups excluding carboxylic acids is 2. The summed E-state index contributed by atoms with van der Waals surface area (Å²) < 4.78 is 39.0. The number of amides is 1. The number of esters is 1. The minimum atomic E-state index is -3.70. The first-order valence-electron chi connectivity index (χ1n) is 13.1. The van der Waals surface area contributed by atoms with Crippen molar-refractivity contribution in [2.75, 3.05) is 12.9 Å². The fourth-order valence-corrected chi connectivity index (χ4v) is 5.39. The van der Waals surface area contributed by atoms with Crippen LogP contribution in [0, 0.1) is 0 Å². The molecule has 0 heterocycles. The van der Waals surface area contributed by atoms with Crippen LogP contribution in [0.25, 0.3) is 11.1 Å². The van der Waals surface area contributed by atoms with Gasteiger partial charge in [0.25, 0.3) is 0 Å². The Bertz CT molecular complexity index is 1590. The van der Waals surface area contributed by atoms with Crippen molar-refractivity contribution < 1.29 is 31.7 Å². The number of hydrogen-bond donors (Lipinski definition) is 1. The lowest BCUT2D eigenvalue weighted by Gasteiger charge is -2.20. The Kier molecular flexibility index (Phi) is 8.35. The molecular formula is C32H29NO7S. The van der Waals surface area contributed by atoms with Gasteiger partial charge in [-0.15, -0.1) is 0 Å². The van der Waals surface area contributed by atoms with Crippen LogP contribution in [0.4, 0.5) is 4.79 Å². The zero-order valence-electron chi connectivity index (χ0n) is 22.4. The number of carbonyl (C=O) groups is 2. The fourth-order valence-electron chi connectivity index (χ4n) is 4.93. The van der Waals surface area contributed by atoms with Crippen molar-refractivity contribution in [1.29, 1.82) is 0 Å². The average Bonchev–Trinajstić information content (AvgIpc) is 3.28. The summed E-state index contributed by atoms with van der Waals surface area (Å²) in [7, 11) is -3.70. The molecule has 4 aromatic carbocycles. The van der Waals surface area contributed by atoms with Crippen LogP contribution in [0.3, 0.4) is 0 Å². The maximum absolute atomic E-state index is 13.0. The molecule has 1 N–H and O–H groups in total. The van der Waals surface area contributed by atoms with Gasteiger partial charge >= 0.3 is 22.2 Å². The van der Waals surface area contributed by atoms with E-state index in [-0.39, 0.29) is 31.3 Å². The second kappa shape index (κ2) is 12.3. The van der Waals surface area contributed by atoms with Crippen LogP contribution < -0.4 is 9.50 Å². The molecule has 0 saturated carbocycles. The molecule has 1 aliphatic rings. The quantitative estimate of drug-likeness (QED) is 0.191. The van der Waals surface area contributed by atoms with Gasteiger partial charge in [0.05, 0.1) is 18.7 Å². The maximum Gasteiger partial charge on any atom is 0.407 e. The van der Waals surface area contributed by atoms with Gasteiger partial charge in [0.2, 0.25) is 0 Å². The highest BCUT2D eigenvalue weighted by Gasteiger charge is 2.29. The number of alkyl carbamates (subject to hydrolysis) is 1. The molecule has 0 bridgehead atoms. The Morgan fingerprint density at radius 3 is 1.98 bits per heavy atom. The van der Waals surface area contributed by atoms with Crippen LogP contribution in [-0.2, 0) is 31.0 Å². The molecule has 0 spiro atoms. The molecule has 0 fully saturated rings. The van der Waals surface area contributed by atoms with E-state index in [1.165, 1.54) is 12.1 Å². The zero-order valence-corrected chi connectivity index (χ0v) is 23.2. The van der Waals surface area contributed by atoms with Gasteiger partial charge in [-0.2, -0.15) is 8.42 Å². The molecule has 1 unspecified atom stereocenters. The summed E-state index contributed by atoms with van der Waals surface area (Å²) in [5, 5.41) is 2.78. The van der Waals surface area contributed by atoms with Crippen molar-refractivity contribution in [3.63, 3.8) is 0 Å². The van der Waals surface area contributed by atoms with E-state index in [4.69, 9.17) is 13.7 Å². The summed E-state index contributed by atoms with van der Waals surface area (Å²) in [5.74, 6) is -0.521. The minimum absolute atomic E-state index is 0.0957. The van der Waals surface area contributed by atoms with E-state index >= 15 is 0 Å². The molecule has 8 nitrogen and oxygen atoms in total. The van der Waals surface area contributed by atoms with E-state index < -0.39 is 28.2 Å². The number of hydrogen-bond acceptors (Lipinski definition) is 7. The highest BCUT2D eigenvalue weighted by Crippen LogP contribution is 2.44. The summed E-state index contributed by atoms with van der Waals surface area (Å²) in [6, 6.07) is 30.6. The van der Waals surface area contributed by atoms with Gasteiger partial charge in [0.1, 0.15) is 19.0 Å². The van der Waals surface area contributed by atoms with Crippen molar-refractivity contribution in [2.45, 2.75) is 25.0 Å². The predicted octanol–water partition coefficient (Wildman–Crippen LogP) is 5.74. The molecule has 0 radical (unpaired) electrons. The second-order valence-electron chi connectivity index (χ2n) is 9.73. The van der Waals surface area contributed by atoms with Crippen LogP contribution in [0.2, 0.25) is 0 Å². The van der Waals surface area contributed by atoms with Gasteiger partial charge in [-0.1, -0.05) is 91.0 Å². The maximum atomic E-state index is 13.0. The van der Waals surface area contributed by atoms with Crippen LogP contribution in [-0.4, -0.2) is 33.3 Å². The van der Waals surface area contributed by atoms with Gasteiger partial charge < -0.3 is 19.0 Å². The summed E-state index contributed by atoms with van der Waals surface area (Å²) in [5.41, 5.74) is 5.80. The third-order valence-electron chi connectivity index (χ3n) is 6.78. The van der Waals surface area contributed by atoms with E-state index in [0.29, 0.717) is 5.56 Å². The summed E-state index contributed by atoms with van der Waals surface area (Å²) >= 11 is 0. The van der Waals surface area contributed by atoms with Crippen LogP contribution >= 0.6 is 0 Å². The molecule has 1 amide bonds. The minimum Gasteiger partial charge on any atom is -0.461 e. The lowest BCUT2D eigenvalue weighted by Crippen LogP contribution is -2.32. The van der Waals surface area contributed by atoms with Crippen LogP contribution in [0.1, 0.15) is 40.6 Å². The van der Waals surface area contributed by atoms with E-state index in [2.05, 4.69) is 17.4 Å². The Morgan fingerprint density at radius 2 is 1.37 bits per heavy atom. The highest BCUT2D eigenvalue weighted by molar-refractivity contribution is 7.86. The van der Waals surface area contributed by atoms with Gasteiger partial charge in [-0.05, 0) is 45.5 Å². The molecular weight excluding hydrogens is 542 g/mol. The number of fused-ring (bicyclic) bond motifs is 3. The number of rotatable bonds is 10. The molecule has 210 valence electrons. The first-order valence-corrected chi connectivity index (χ1v) is 14.9. The average molecular weight is 572 g/mol. The molecule has 1 aliphatic carbocycles. The summed E-state index contributed by atoms with van der Waals surface area (Å²) in [4.78, 5) is 25.8. The first kappa shape index (κ1) is 27.9. The number of benzene rings is 4. The monoisotopic (exact) mass is 571 g/mol. The van der Waals surface area contributed by atoms with Crippen LogP contribution in [0.5, 0.6) is 5.75 Å². The van der Waals surface area contributed by atoms with Gasteiger partial charge in [-0.3, -0.25) is 4.79 Å². The van der Waals surface area contributed by atoms with Crippen molar-refractivity contribution >= 4 is 22.2 Å². The normalized spacial score (nSPS) is 13.0. The molecule has 9 heteroatoms. The zero-order chi connectivity index (χ0) is 28.8. The Hall–Kier alpha value is -4.63.